The van der Waals surface area contributed by atoms with E-state index in [1.54, 1.807) is 6.92 Å². The largest absolute Gasteiger partial charge is 0.357 e. The Kier molecular flexibility index (Phi) is 8.99. The van der Waals surface area contributed by atoms with Crippen LogP contribution in [-0.4, -0.2) is 40.6 Å². The van der Waals surface area contributed by atoms with Gasteiger partial charge in [0.15, 0.2) is 11.8 Å². The SMILES string of the molecule is CCNC(=NCC(=O)NC(C)(C)C)NCc1nc(C)no1.I. The number of carbonyl (C=O) groups is 1. The first-order chi connectivity index (χ1) is 9.80. The highest BCUT2D eigenvalue weighted by Gasteiger charge is 2.13. The molecule has 0 unspecified atom stereocenters. The molecule has 0 aliphatic carbocycles. The number of aromatic nitrogens is 2. The fourth-order valence-corrected chi connectivity index (χ4v) is 1.52. The van der Waals surface area contributed by atoms with Crippen molar-refractivity contribution in [3.63, 3.8) is 0 Å². The topological polar surface area (TPSA) is 104 Å². The van der Waals surface area contributed by atoms with Crippen LogP contribution in [0, 0.1) is 6.92 Å². The number of aryl methyl sites for hydroxylation is 1. The molecule has 8 nitrogen and oxygen atoms in total. The molecule has 1 amide bonds. The first-order valence-corrected chi connectivity index (χ1v) is 6.92. The Morgan fingerprint density at radius 3 is 2.50 bits per heavy atom. The molecular formula is C13H25IN6O2. The second kappa shape index (κ2) is 9.59. The molecule has 9 heteroatoms. The predicted molar refractivity (Wildman–Crippen MR) is 95.2 cm³/mol. The van der Waals surface area contributed by atoms with Gasteiger partial charge in [-0.15, -0.1) is 24.0 Å². The third-order valence-corrected chi connectivity index (χ3v) is 2.22. The number of nitrogens with zero attached hydrogens (tertiary/aromatic N) is 3. The number of aliphatic imine (C=N–C) groups is 1. The molecule has 1 aromatic rings. The van der Waals surface area contributed by atoms with Crippen molar-refractivity contribution in [2.24, 2.45) is 4.99 Å². The van der Waals surface area contributed by atoms with Crippen molar-refractivity contribution >= 4 is 35.8 Å². The van der Waals surface area contributed by atoms with Crippen molar-refractivity contribution in [3.8, 4) is 0 Å². The van der Waals surface area contributed by atoms with E-state index in [1.165, 1.54) is 0 Å². The van der Waals surface area contributed by atoms with Crippen molar-refractivity contribution in [2.75, 3.05) is 13.1 Å². The summed E-state index contributed by atoms with van der Waals surface area (Å²) in [6.45, 7) is 10.6. The Morgan fingerprint density at radius 2 is 2.00 bits per heavy atom. The maximum Gasteiger partial charge on any atom is 0.246 e. The average Bonchev–Trinajstić information content (AvgIpc) is 2.76. The molecule has 0 saturated heterocycles. The molecule has 0 spiro atoms. The van der Waals surface area contributed by atoms with Gasteiger partial charge in [0.25, 0.3) is 0 Å². The van der Waals surface area contributed by atoms with E-state index in [4.69, 9.17) is 4.52 Å². The average molecular weight is 424 g/mol. The summed E-state index contributed by atoms with van der Waals surface area (Å²) in [6.07, 6.45) is 0. The standard InChI is InChI=1S/C13H24N6O2.HI/c1-6-14-12(15-7-10(20)18-13(3,4)5)16-8-11-17-9(2)19-21-11;/h6-8H2,1-5H3,(H,18,20)(H2,14,15,16);1H. The lowest BCUT2D eigenvalue weighted by molar-refractivity contribution is -0.121. The van der Waals surface area contributed by atoms with E-state index in [9.17, 15) is 4.79 Å². The van der Waals surface area contributed by atoms with E-state index in [0.29, 0.717) is 30.8 Å². The zero-order chi connectivity index (χ0) is 15.9. The number of halogens is 1. The van der Waals surface area contributed by atoms with Crippen LogP contribution >= 0.6 is 24.0 Å². The minimum atomic E-state index is -0.264. The number of nitrogens with one attached hydrogen (secondary N) is 3. The maximum atomic E-state index is 11.7. The number of hydrogen-bond acceptors (Lipinski definition) is 5. The van der Waals surface area contributed by atoms with Gasteiger partial charge in [0.05, 0.1) is 6.54 Å². The second-order valence-electron chi connectivity index (χ2n) is 5.58. The molecule has 3 N–H and O–H groups in total. The van der Waals surface area contributed by atoms with Crippen molar-refractivity contribution in [2.45, 2.75) is 46.7 Å². The normalized spacial score (nSPS) is 11.6. The molecule has 1 heterocycles. The Balaban J connectivity index is 0.00000441. The molecule has 1 rings (SSSR count). The first-order valence-electron chi connectivity index (χ1n) is 6.92. The summed E-state index contributed by atoms with van der Waals surface area (Å²) < 4.78 is 5.00. The van der Waals surface area contributed by atoms with Gasteiger partial charge >= 0.3 is 0 Å². The minimum Gasteiger partial charge on any atom is -0.357 e. The summed E-state index contributed by atoms with van der Waals surface area (Å²) in [4.78, 5) is 20.0. The molecule has 0 saturated carbocycles. The van der Waals surface area contributed by atoms with Crippen LogP contribution in [0.2, 0.25) is 0 Å². The van der Waals surface area contributed by atoms with Crippen molar-refractivity contribution < 1.29 is 9.32 Å². The lowest BCUT2D eigenvalue weighted by Gasteiger charge is -2.19. The van der Waals surface area contributed by atoms with Gasteiger partial charge in [-0.05, 0) is 34.6 Å². The highest BCUT2D eigenvalue weighted by molar-refractivity contribution is 14.0. The zero-order valence-corrected chi connectivity index (χ0v) is 16.0. The lowest BCUT2D eigenvalue weighted by Crippen LogP contribution is -2.43. The van der Waals surface area contributed by atoms with Crippen molar-refractivity contribution in [1.82, 2.24) is 26.1 Å². The number of guanidine groups is 1. The van der Waals surface area contributed by atoms with Crippen molar-refractivity contribution in [1.29, 1.82) is 0 Å². The van der Waals surface area contributed by atoms with E-state index in [1.807, 2.05) is 27.7 Å². The highest BCUT2D eigenvalue weighted by Crippen LogP contribution is 1.98. The summed E-state index contributed by atoms with van der Waals surface area (Å²) in [5.74, 6) is 1.45. The summed E-state index contributed by atoms with van der Waals surface area (Å²) >= 11 is 0. The van der Waals surface area contributed by atoms with Gasteiger partial charge in [0.2, 0.25) is 11.8 Å². The molecule has 0 radical (unpaired) electrons. The van der Waals surface area contributed by atoms with Gasteiger partial charge in [0, 0.05) is 12.1 Å². The quantitative estimate of drug-likeness (QED) is 0.370. The van der Waals surface area contributed by atoms with Crippen LogP contribution < -0.4 is 16.0 Å². The fourth-order valence-electron chi connectivity index (χ4n) is 1.52. The van der Waals surface area contributed by atoms with E-state index in [2.05, 4.69) is 31.1 Å². The van der Waals surface area contributed by atoms with Gasteiger partial charge in [0.1, 0.15) is 6.54 Å². The summed E-state index contributed by atoms with van der Waals surface area (Å²) in [5.41, 5.74) is -0.264. The zero-order valence-electron chi connectivity index (χ0n) is 13.7. The Hall–Kier alpha value is -1.39. The van der Waals surface area contributed by atoms with E-state index < -0.39 is 0 Å². The van der Waals surface area contributed by atoms with E-state index >= 15 is 0 Å². The Morgan fingerprint density at radius 1 is 1.32 bits per heavy atom. The fraction of sp³-hybridized carbons (Fsp3) is 0.692. The smallest absolute Gasteiger partial charge is 0.246 e. The van der Waals surface area contributed by atoms with Gasteiger partial charge in [-0.1, -0.05) is 5.16 Å². The molecule has 0 bridgehead atoms. The third kappa shape index (κ3) is 8.80. The van der Waals surface area contributed by atoms with Crippen LogP contribution in [0.4, 0.5) is 0 Å². The van der Waals surface area contributed by atoms with Gasteiger partial charge < -0.3 is 20.5 Å². The Bertz CT molecular complexity index is 495. The van der Waals surface area contributed by atoms with Crippen LogP contribution in [0.5, 0.6) is 0 Å². The van der Waals surface area contributed by atoms with E-state index in [-0.39, 0.29) is 42.0 Å². The minimum absolute atomic E-state index is 0. The number of rotatable bonds is 5. The van der Waals surface area contributed by atoms with Crippen LogP contribution in [0.25, 0.3) is 0 Å². The lowest BCUT2D eigenvalue weighted by atomic mass is 10.1. The Labute approximate surface area is 147 Å². The summed E-state index contributed by atoms with van der Waals surface area (Å²) in [6, 6.07) is 0. The summed E-state index contributed by atoms with van der Waals surface area (Å²) in [7, 11) is 0. The van der Waals surface area contributed by atoms with Crippen molar-refractivity contribution in [3.05, 3.63) is 11.7 Å². The summed E-state index contributed by atoms with van der Waals surface area (Å²) in [5, 5.41) is 12.6. The molecule has 0 aliphatic heterocycles. The molecule has 0 aliphatic rings. The predicted octanol–water partition coefficient (Wildman–Crippen LogP) is 0.966. The molecule has 0 atom stereocenters. The first kappa shape index (κ1) is 20.6. The monoisotopic (exact) mass is 424 g/mol. The molecule has 0 fully saturated rings. The molecule has 126 valence electrons. The molecule has 22 heavy (non-hydrogen) atoms. The number of carbonyl (C=O) groups excluding carboxylic acids is 1. The van der Waals surface area contributed by atoms with Crippen LogP contribution in [0.1, 0.15) is 39.4 Å². The molecule has 0 aromatic carbocycles. The highest BCUT2D eigenvalue weighted by atomic mass is 127. The van der Waals surface area contributed by atoms with Crippen LogP contribution in [-0.2, 0) is 11.3 Å². The van der Waals surface area contributed by atoms with Crippen LogP contribution in [0.15, 0.2) is 9.52 Å². The van der Waals surface area contributed by atoms with Gasteiger partial charge in [-0.3, -0.25) is 4.79 Å². The molecular weight excluding hydrogens is 399 g/mol. The maximum absolute atomic E-state index is 11.7. The molecule has 1 aromatic heterocycles. The number of amides is 1. The third-order valence-electron chi connectivity index (χ3n) is 2.22. The number of hydrogen-bond donors (Lipinski definition) is 3. The second-order valence-corrected chi connectivity index (χ2v) is 5.58. The van der Waals surface area contributed by atoms with Gasteiger partial charge in [-0.25, -0.2) is 4.99 Å². The van der Waals surface area contributed by atoms with Gasteiger partial charge in [-0.2, -0.15) is 4.98 Å². The van der Waals surface area contributed by atoms with E-state index in [0.717, 1.165) is 0 Å². The van der Waals surface area contributed by atoms with Crippen LogP contribution in [0.3, 0.4) is 0 Å².